The maximum Gasteiger partial charge on any atom is 0.0270 e. The van der Waals surface area contributed by atoms with E-state index in [4.69, 9.17) is 0 Å². The van der Waals surface area contributed by atoms with Gasteiger partial charge in [-0.05, 0) is 42.3 Å². The van der Waals surface area contributed by atoms with Crippen LogP contribution in [-0.2, 0) is 6.42 Å². The molecule has 0 saturated carbocycles. The quantitative estimate of drug-likeness (QED) is 0.909. The molecule has 0 spiro atoms. The van der Waals surface area contributed by atoms with Crippen molar-refractivity contribution in [2.45, 2.75) is 30.2 Å². The summed E-state index contributed by atoms with van der Waals surface area (Å²) < 4.78 is 0. The summed E-state index contributed by atoms with van der Waals surface area (Å²) in [5.41, 5.74) is 2.87. The Balaban J connectivity index is 1.81. The highest BCUT2D eigenvalue weighted by Crippen LogP contribution is 2.41. The lowest BCUT2D eigenvalue weighted by Crippen LogP contribution is -2.37. The lowest BCUT2D eigenvalue weighted by atomic mass is 9.89. The van der Waals surface area contributed by atoms with E-state index in [1.54, 1.807) is 0 Å². The third kappa shape index (κ3) is 2.89. The van der Waals surface area contributed by atoms with Gasteiger partial charge in [-0.3, -0.25) is 4.98 Å². The van der Waals surface area contributed by atoms with Crippen LogP contribution in [0.25, 0.3) is 0 Å². The van der Waals surface area contributed by atoms with Crippen molar-refractivity contribution in [3.8, 4) is 0 Å². The fraction of sp³-hybridized carbons (Fsp3) is 0.353. The van der Waals surface area contributed by atoms with E-state index in [1.807, 2.05) is 24.2 Å². The first-order chi connectivity index (χ1) is 9.88. The van der Waals surface area contributed by atoms with Gasteiger partial charge in [-0.1, -0.05) is 25.1 Å². The Morgan fingerprint density at radius 2 is 2.05 bits per heavy atom. The van der Waals surface area contributed by atoms with Gasteiger partial charge in [-0.25, -0.2) is 0 Å². The molecular weight excluding hydrogens is 264 g/mol. The summed E-state index contributed by atoms with van der Waals surface area (Å²) in [4.78, 5) is 5.56. The summed E-state index contributed by atoms with van der Waals surface area (Å²) in [6.07, 6.45) is 4.83. The molecule has 1 aliphatic rings. The summed E-state index contributed by atoms with van der Waals surface area (Å²) >= 11 is 1.99. The minimum absolute atomic E-state index is 0.499. The van der Waals surface area contributed by atoms with Gasteiger partial charge in [0.25, 0.3) is 0 Å². The summed E-state index contributed by atoms with van der Waals surface area (Å²) in [7, 11) is 0. The normalized spacial score (nSPS) is 18.8. The second kappa shape index (κ2) is 6.42. The maximum absolute atomic E-state index is 4.11. The summed E-state index contributed by atoms with van der Waals surface area (Å²) in [5, 5.41) is 3.68. The predicted molar refractivity (Wildman–Crippen MR) is 85.3 cm³/mol. The first kappa shape index (κ1) is 13.7. The van der Waals surface area contributed by atoms with Crippen molar-refractivity contribution in [1.82, 2.24) is 10.3 Å². The predicted octanol–water partition coefficient (Wildman–Crippen LogP) is 3.49. The van der Waals surface area contributed by atoms with Gasteiger partial charge < -0.3 is 5.32 Å². The van der Waals surface area contributed by atoms with Crippen molar-refractivity contribution < 1.29 is 0 Å². The molecule has 104 valence electrons. The first-order valence-corrected chi connectivity index (χ1v) is 8.21. The Kier molecular flexibility index (Phi) is 4.38. The molecule has 0 bridgehead atoms. The molecule has 1 N–H and O–H groups in total. The number of aromatic nitrogens is 1. The van der Waals surface area contributed by atoms with Crippen LogP contribution in [0.4, 0.5) is 0 Å². The van der Waals surface area contributed by atoms with E-state index in [1.165, 1.54) is 21.8 Å². The second-order valence-corrected chi connectivity index (χ2v) is 6.24. The Labute approximate surface area is 125 Å². The molecule has 3 rings (SSSR count). The van der Waals surface area contributed by atoms with Crippen molar-refractivity contribution in [1.29, 1.82) is 0 Å². The molecule has 3 heteroatoms. The number of pyridine rings is 1. The van der Waals surface area contributed by atoms with E-state index >= 15 is 0 Å². The van der Waals surface area contributed by atoms with Crippen LogP contribution in [0.5, 0.6) is 0 Å². The number of nitrogens with zero attached hydrogens (tertiary/aromatic N) is 1. The van der Waals surface area contributed by atoms with E-state index in [0.717, 1.165) is 13.0 Å². The van der Waals surface area contributed by atoms with E-state index < -0.39 is 0 Å². The molecule has 1 aromatic heterocycles. The number of likely N-dealkylation sites (N-methyl/N-ethyl adjacent to an activating group) is 1. The lowest BCUT2D eigenvalue weighted by Gasteiger charge is -2.25. The highest BCUT2D eigenvalue weighted by atomic mass is 32.2. The van der Waals surface area contributed by atoms with Crippen LogP contribution in [0.3, 0.4) is 0 Å². The van der Waals surface area contributed by atoms with Crippen molar-refractivity contribution >= 4 is 11.8 Å². The largest absolute Gasteiger partial charge is 0.313 e. The van der Waals surface area contributed by atoms with Crippen molar-refractivity contribution in [3.63, 3.8) is 0 Å². The van der Waals surface area contributed by atoms with Crippen LogP contribution in [0, 0.1) is 0 Å². The number of nitrogens with one attached hydrogen (secondary N) is 1. The number of hydrogen-bond acceptors (Lipinski definition) is 3. The van der Waals surface area contributed by atoms with Crippen LogP contribution in [0.1, 0.15) is 24.0 Å². The van der Waals surface area contributed by atoms with Crippen molar-refractivity contribution in [3.05, 3.63) is 59.9 Å². The molecule has 2 atom stereocenters. The Morgan fingerprint density at radius 1 is 1.25 bits per heavy atom. The molecule has 0 aliphatic carbocycles. The molecule has 2 heterocycles. The van der Waals surface area contributed by atoms with E-state index in [0.29, 0.717) is 12.0 Å². The Bertz CT molecular complexity index is 556. The van der Waals surface area contributed by atoms with Gasteiger partial charge in [-0.15, -0.1) is 11.8 Å². The fourth-order valence-corrected chi connectivity index (χ4v) is 4.24. The van der Waals surface area contributed by atoms with Crippen LogP contribution in [0.2, 0.25) is 0 Å². The van der Waals surface area contributed by atoms with Crippen LogP contribution in [0.15, 0.2) is 53.7 Å². The highest BCUT2D eigenvalue weighted by Gasteiger charge is 2.29. The topological polar surface area (TPSA) is 24.9 Å². The zero-order valence-corrected chi connectivity index (χ0v) is 12.6. The van der Waals surface area contributed by atoms with Gasteiger partial charge in [0, 0.05) is 35.0 Å². The van der Waals surface area contributed by atoms with Gasteiger partial charge >= 0.3 is 0 Å². The molecule has 0 amide bonds. The zero-order chi connectivity index (χ0) is 13.8. The van der Waals surface area contributed by atoms with Gasteiger partial charge in [0.1, 0.15) is 0 Å². The van der Waals surface area contributed by atoms with Crippen LogP contribution < -0.4 is 5.32 Å². The van der Waals surface area contributed by atoms with Gasteiger partial charge in [0.05, 0.1) is 0 Å². The fourth-order valence-electron chi connectivity index (χ4n) is 2.91. The summed E-state index contributed by atoms with van der Waals surface area (Å²) in [6, 6.07) is 13.6. The average molecular weight is 284 g/mol. The molecule has 2 aromatic rings. The highest BCUT2D eigenvalue weighted by molar-refractivity contribution is 7.99. The molecule has 2 nitrogen and oxygen atoms in total. The molecule has 2 unspecified atom stereocenters. The summed E-state index contributed by atoms with van der Waals surface area (Å²) in [6.45, 7) is 3.20. The number of hydrogen-bond donors (Lipinski definition) is 1. The molecule has 20 heavy (non-hydrogen) atoms. The summed E-state index contributed by atoms with van der Waals surface area (Å²) in [5.74, 6) is 1.78. The van der Waals surface area contributed by atoms with Crippen molar-refractivity contribution in [2.75, 3.05) is 12.3 Å². The molecule has 0 fully saturated rings. The van der Waals surface area contributed by atoms with Crippen molar-refractivity contribution in [2.24, 2.45) is 0 Å². The van der Waals surface area contributed by atoms with E-state index in [9.17, 15) is 0 Å². The number of benzene rings is 1. The number of fused-ring (bicyclic) bond motifs is 1. The third-order valence-electron chi connectivity index (χ3n) is 3.89. The van der Waals surface area contributed by atoms with Gasteiger partial charge in [-0.2, -0.15) is 0 Å². The average Bonchev–Trinajstić information content (AvgIpc) is 2.92. The van der Waals surface area contributed by atoms with E-state index in [2.05, 4.69) is 53.6 Å². The molecule has 1 aromatic carbocycles. The van der Waals surface area contributed by atoms with E-state index in [-0.39, 0.29) is 0 Å². The minimum Gasteiger partial charge on any atom is -0.313 e. The zero-order valence-electron chi connectivity index (χ0n) is 11.8. The molecule has 1 aliphatic heterocycles. The second-order valence-electron chi connectivity index (χ2n) is 5.18. The van der Waals surface area contributed by atoms with Crippen LogP contribution in [-0.4, -0.2) is 23.3 Å². The number of rotatable bonds is 5. The lowest BCUT2D eigenvalue weighted by molar-refractivity contribution is 0.463. The minimum atomic E-state index is 0.499. The SMILES string of the molecule is CCNC(Cc1ccncc1)C1CSc2ccccc21. The molecule has 0 radical (unpaired) electrons. The first-order valence-electron chi connectivity index (χ1n) is 7.22. The maximum atomic E-state index is 4.11. The van der Waals surface area contributed by atoms with Gasteiger partial charge in [0.15, 0.2) is 0 Å². The Morgan fingerprint density at radius 3 is 2.85 bits per heavy atom. The molecule has 0 saturated heterocycles. The smallest absolute Gasteiger partial charge is 0.0270 e. The third-order valence-corrected chi connectivity index (χ3v) is 5.10. The van der Waals surface area contributed by atoms with Gasteiger partial charge in [0.2, 0.25) is 0 Å². The molecular formula is C17H20N2S. The standard InChI is InChI=1S/C17H20N2S/c1-2-19-16(11-13-7-9-18-10-8-13)15-12-20-17-6-4-3-5-14(15)17/h3-10,15-16,19H,2,11-12H2,1H3. The monoisotopic (exact) mass is 284 g/mol. The Hall–Kier alpha value is -1.32. The number of thioether (sulfide) groups is 1. The van der Waals surface area contributed by atoms with Crippen LogP contribution >= 0.6 is 11.8 Å².